The Labute approximate surface area is 88.9 Å². The van der Waals surface area contributed by atoms with Crippen LogP contribution in [0.5, 0.6) is 0 Å². The summed E-state index contributed by atoms with van der Waals surface area (Å²) in [6.07, 6.45) is 4.49. The zero-order chi connectivity index (χ0) is 11.3. The Kier molecular flexibility index (Phi) is 3.68. The van der Waals surface area contributed by atoms with E-state index in [-0.39, 0.29) is 0 Å². The van der Waals surface area contributed by atoms with Crippen LogP contribution in [-0.2, 0) is 0 Å². The number of allylic oxidation sites excluding steroid dienone is 1. The molecule has 0 fully saturated rings. The van der Waals surface area contributed by atoms with Gasteiger partial charge in [0.1, 0.15) is 5.82 Å². The summed E-state index contributed by atoms with van der Waals surface area (Å²) in [6.45, 7) is 1.91. The molecule has 0 aliphatic carbocycles. The number of hydrogen-bond donors (Lipinski definition) is 4. The molecule has 0 saturated carbocycles. The smallest absolute Gasteiger partial charge is 0.130 e. The summed E-state index contributed by atoms with van der Waals surface area (Å²) in [5.41, 5.74) is 7.90. The Balaban J connectivity index is 2.84. The molecule has 0 atom stereocenters. The predicted octanol–water partition coefficient (Wildman–Crippen LogP) is 1.09. The Hall–Kier alpha value is -2.04. The fraction of sp³-hybridized carbons (Fsp3) is 0.200. The molecule has 0 radical (unpaired) electrons. The van der Waals surface area contributed by atoms with Crippen LogP contribution in [-0.4, -0.2) is 18.2 Å². The van der Waals surface area contributed by atoms with Crippen molar-refractivity contribution in [2.45, 2.75) is 6.92 Å². The molecule has 0 spiro atoms. The van der Waals surface area contributed by atoms with Crippen LogP contribution in [0.25, 0.3) is 0 Å². The van der Waals surface area contributed by atoms with Crippen LogP contribution < -0.4 is 16.4 Å². The molecule has 5 nitrogen and oxygen atoms in total. The van der Waals surface area contributed by atoms with Gasteiger partial charge in [0.25, 0.3) is 0 Å². The summed E-state index contributed by atoms with van der Waals surface area (Å²) in [5.74, 6) is 0.673. The van der Waals surface area contributed by atoms with Gasteiger partial charge in [-0.15, -0.1) is 0 Å². The zero-order valence-corrected chi connectivity index (χ0v) is 8.83. The molecule has 0 bridgehead atoms. The molecular weight excluding hydrogens is 190 g/mol. The van der Waals surface area contributed by atoms with Crippen LogP contribution >= 0.6 is 0 Å². The monoisotopic (exact) mass is 205 g/mol. The van der Waals surface area contributed by atoms with E-state index in [4.69, 9.17) is 11.1 Å². The van der Waals surface area contributed by atoms with Crippen LogP contribution in [0, 0.1) is 12.3 Å². The lowest BCUT2D eigenvalue weighted by Gasteiger charge is -2.07. The molecule has 1 aromatic heterocycles. The first-order valence-electron chi connectivity index (χ1n) is 4.54. The fourth-order valence-corrected chi connectivity index (χ4v) is 1.05. The average Bonchev–Trinajstić information content (AvgIpc) is 2.23. The number of aryl methyl sites for hydroxylation is 1. The van der Waals surface area contributed by atoms with Crippen molar-refractivity contribution in [1.29, 1.82) is 5.41 Å². The Bertz CT molecular complexity index is 383. The van der Waals surface area contributed by atoms with E-state index in [2.05, 4.69) is 15.6 Å². The van der Waals surface area contributed by atoms with E-state index in [9.17, 15) is 0 Å². The summed E-state index contributed by atoms with van der Waals surface area (Å²) in [6, 6.07) is 1.84. The van der Waals surface area contributed by atoms with Crippen molar-refractivity contribution in [3.8, 4) is 0 Å². The van der Waals surface area contributed by atoms with Crippen molar-refractivity contribution >= 4 is 17.7 Å². The van der Waals surface area contributed by atoms with Gasteiger partial charge in [-0.05, 0) is 18.6 Å². The maximum Gasteiger partial charge on any atom is 0.130 e. The molecule has 0 amide bonds. The van der Waals surface area contributed by atoms with Gasteiger partial charge in [0.15, 0.2) is 0 Å². The van der Waals surface area contributed by atoms with Gasteiger partial charge in [-0.2, -0.15) is 0 Å². The lowest BCUT2D eigenvalue weighted by Crippen LogP contribution is -2.07. The molecular formula is C10H15N5. The zero-order valence-electron chi connectivity index (χ0n) is 8.83. The van der Waals surface area contributed by atoms with Crippen LogP contribution in [0.15, 0.2) is 24.2 Å². The van der Waals surface area contributed by atoms with Crippen LogP contribution in [0.4, 0.5) is 11.5 Å². The van der Waals surface area contributed by atoms with Crippen molar-refractivity contribution < 1.29 is 0 Å². The minimum absolute atomic E-state index is 0.633. The number of pyridine rings is 1. The Morgan fingerprint density at radius 2 is 2.33 bits per heavy atom. The maximum atomic E-state index is 7.16. The predicted molar refractivity (Wildman–Crippen MR) is 62.9 cm³/mol. The first-order valence-corrected chi connectivity index (χ1v) is 4.54. The number of nitrogens with two attached hydrogens (primary N) is 1. The highest BCUT2D eigenvalue weighted by atomic mass is 15.0. The summed E-state index contributed by atoms with van der Waals surface area (Å²) in [4.78, 5) is 4.10. The van der Waals surface area contributed by atoms with Gasteiger partial charge in [0.2, 0.25) is 0 Å². The second-order valence-electron chi connectivity index (χ2n) is 3.08. The standard InChI is InChI=1S/C10H15N5/c1-7-3-10(14-6-9(7)12)15-8(4-11)5-13-2/h3-6,11,13H,12H2,1-2H3,(H,14,15)/b8-5+,11-4?. The SMILES string of the molecule is CN/C=C(\C=N)Nc1cc(C)c(N)cn1. The van der Waals surface area contributed by atoms with Crippen LogP contribution in [0.3, 0.4) is 0 Å². The van der Waals surface area contributed by atoms with Gasteiger partial charge < -0.3 is 21.8 Å². The molecule has 15 heavy (non-hydrogen) atoms. The summed E-state index contributed by atoms with van der Waals surface area (Å²) in [5, 5.41) is 13.0. The van der Waals surface area contributed by atoms with Crippen molar-refractivity contribution in [2.75, 3.05) is 18.1 Å². The molecule has 0 aliphatic heterocycles. The second-order valence-corrected chi connectivity index (χ2v) is 3.08. The van der Waals surface area contributed by atoms with Crippen molar-refractivity contribution in [2.24, 2.45) is 0 Å². The molecule has 80 valence electrons. The molecule has 1 heterocycles. The number of nitrogens with zero attached hydrogens (tertiary/aromatic N) is 1. The van der Waals surface area contributed by atoms with Gasteiger partial charge in [0, 0.05) is 19.5 Å². The van der Waals surface area contributed by atoms with Gasteiger partial charge in [-0.1, -0.05) is 0 Å². The summed E-state index contributed by atoms with van der Waals surface area (Å²) >= 11 is 0. The van der Waals surface area contributed by atoms with Gasteiger partial charge in [-0.25, -0.2) is 4.98 Å². The van der Waals surface area contributed by atoms with E-state index in [0.29, 0.717) is 17.2 Å². The van der Waals surface area contributed by atoms with Crippen molar-refractivity contribution in [3.63, 3.8) is 0 Å². The van der Waals surface area contributed by atoms with Crippen molar-refractivity contribution in [1.82, 2.24) is 10.3 Å². The third kappa shape index (κ3) is 2.98. The third-order valence-electron chi connectivity index (χ3n) is 1.88. The highest BCUT2D eigenvalue weighted by Gasteiger charge is 1.99. The molecule has 0 aliphatic rings. The number of aromatic nitrogens is 1. The minimum Gasteiger partial charge on any atom is -0.397 e. The molecule has 0 unspecified atom stereocenters. The third-order valence-corrected chi connectivity index (χ3v) is 1.88. The lowest BCUT2D eigenvalue weighted by molar-refractivity contribution is 1.09. The lowest BCUT2D eigenvalue weighted by atomic mass is 10.2. The second kappa shape index (κ2) is 4.99. The van der Waals surface area contributed by atoms with E-state index >= 15 is 0 Å². The van der Waals surface area contributed by atoms with E-state index in [1.807, 2.05) is 13.0 Å². The van der Waals surface area contributed by atoms with E-state index in [0.717, 1.165) is 5.56 Å². The molecule has 5 heteroatoms. The van der Waals surface area contributed by atoms with Gasteiger partial charge >= 0.3 is 0 Å². The van der Waals surface area contributed by atoms with Gasteiger partial charge in [-0.3, -0.25) is 0 Å². The summed E-state index contributed by atoms with van der Waals surface area (Å²) < 4.78 is 0. The normalized spacial score (nSPS) is 10.9. The average molecular weight is 205 g/mol. The fourth-order valence-electron chi connectivity index (χ4n) is 1.05. The topological polar surface area (TPSA) is 86.8 Å². The number of rotatable bonds is 4. The van der Waals surface area contributed by atoms with E-state index in [1.54, 1.807) is 19.4 Å². The Morgan fingerprint density at radius 3 is 2.87 bits per heavy atom. The highest BCUT2D eigenvalue weighted by Crippen LogP contribution is 2.13. The number of nitrogens with one attached hydrogen (secondary N) is 3. The maximum absolute atomic E-state index is 7.16. The van der Waals surface area contributed by atoms with Crippen LogP contribution in [0.1, 0.15) is 5.56 Å². The summed E-state index contributed by atoms with van der Waals surface area (Å²) in [7, 11) is 1.77. The number of anilines is 2. The van der Waals surface area contributed by atoms with Crippen molar-refractivity contribution in [3.05, 3.63) is 29.7 Å². The van der Waals surface area contributed by atoms with E-state index < -0.39 is 0 Å². The van der Waals surface area contributed by atoms with Crippen LogP contribution in [0.2, 0.25) is 0 Å². The number of hydrogen-bond acceptors (Lipinski definition) is 5. The molecule has 1 rings (SSSR count). The first-order chi connectivity index (χ1) is 7.17. The molecule has 1 aromatic rings. The van der Waals surface area contributed by atoms with E-state index in [1.165, 1.54) is 6.21 Å². The largest absolute Gasteiger partial charge is 0.397 e. The highest BCUT2D eigenvalue weighted by molar-refractivity contribution is 5.80. The number of nitrogen functional groups attached to an aromatic ring is 1. The Morgan fingerprint density at radius 1 is 1.60 bits per heavy atom. The molecule has 0 aromatic carbocycles. The van der Waals surface area contributed by atoms with Gasteiger partial charge in [0.05, 0.1) is 17.6 Å². The molecule has 0 saturated heterocycles. The quantitative estimate of drug-likeness (QED) is 0.554. The first kappa shape index (κ1) is 11.0. The minimum atomic E-state index is 0.633. The molecule has 5 N–H and O–H groups in total.